The summed E-state index contributed by atoms with van der Waals surface area (Å²) in [6.07, 6.45) is 5.74. The molecule has 0 aromatic carbocycles. The molecule has 7 nitrogen and oxygen atoms in total. The van der Waals surface area contributed by atoms with Crippen LogP contribution in [-0.4, -0.2) is 62.3 Å². The molecule has 148 valence electrons. The summed E-state index contributed by atoms with van der Waals surface area (Å²) in [6.45, 7) is 11.0. The summed E-state index contributed by atoms with van der Waals surface area (Å²) in [7, 11) is 0. The monoisotopic (exact) mass is 372 g/mol. The van der Waals surface area contributed by atoms with Crippen LogP contribution >= 0.6 is 0 Å². The van der Waals surface area contributed by atoms with Gasteiger partial charge in [0.2, 0.25) is 0 Å². The number of ether oxygens (including phenoxy) is 1. The average Bonchev–Trinajstić information content (AvgIpc) is 3.32. The minimum Gasteiger partial charge on any atom is -0.379 e. The Balaban J connectivity index is 1.60. The second-order valence-corrected chi connectivity index (χ2v) is 7.69. The Labute approximate surface area is 161 Å². The summed E-state index contributed by atoms with van der Waals surface area (Å²) in [5.41, 5.74) is 2.32. The van der Waals surface area contributed by atoms with Gasteiger partial charge in [0.05, 0.1) is 19.8 Å². The molecular weight excluding hydrogens is 340 g/mol. The van der Waals surface area contributed by atoms with Crippen LogP contribution in [0.5, 0.6) is 0 Å². The quantitative estimate of drug-likeness (QED) is 0.748. The van der Waals surface area contributed by atoms with Gasteiger partial charge in [0.15, 0.2) is 11.6 Å². The summed E-state index contributed by atoms with van der Waals surface area (Å²) < 4.78 is 9.72. The van der Waals surface area contributed by atoms with Crippen LogP contribution in [0.4, 0.5) is 0 Å². The molecule has 1 fully saturated rings. The van der Waals surface area contributed by atoms with Crippen LogP contribution < -0.4 is 0 Å². The maximum Gasteiger partial charge on any atom is 0.179 e. The van der Waals surface area contributed by atoms with E-state index in [1.54, 1.807) is 0 Å². The first kappa shape index (κ1) is 18.6. The molecule has 2 aliphatic heterocycles. The fourth-order valence-corrected chi connectivity index (χ4v) is 4.12. The Morgan fingerprint density at radius 1 is 1.04 bits per heavy atom. The second kappa shape index (κ2) is 8.52. The predicted octanol–water partition coefficient (Wildman–Crippen LogP) is 2.71. The number of aromatic nitrogens is 5. The van der Waals surface area contributed by atoms with E-state index < -0.39 is 0 Å². The molecule has 2 aromatic rings. The molecule has 27 heavy (non-hydrogen) atoms. The molecule has 2 aliphatic rings. The van der Waals surface area contributed by atoms with E-state index in [-0.39, 0.29) is 0 Å². The first-order valence-corrected chi connectivity index (χ1v) is 10.6. The number of hydrogen-bond acceptors (Lipinski definition) is 5. The summed E-state index contributed by atoms with van der Waals surface area (Å²) in [5.74, 6) is 2.33. The van der Waals surface area contributed by atoms with Crippen molar-refractivity contribution in [2.75, 3.05) is 32.8 Å². The smallest absolute Gasteiger partial charge is 0.179 e. The lowest BCUT2D eigenvalue weighted by Gasteiger charge is -2.26. The van der Waals surface area contributed by atoms with E-state index in [1.165, 1.54) is 18.5 Å². The van der Waals surface area contributed by atoms with Gasteiger partial charge < -0.3 is 4.74 Å². The highest BCUT2D eigenvalue weighted by atomic mass is 16.5. The highest BCUT2D eigenvalue weighted by Crippen LogP contribution is 2.26. The van der Waals surface area contributed by atoms with Crippen molar-refractivity contribution >= 4 is 0 Å². The molecule has 0 unspecified atom stereocenters. The van der Waals surface area contributed by atoms with Crippen LogP contribution in [0.15, 0.2) is 6.07 Å². The Bertz CT molecular complexity index is 718. The fraction of sp³-hybridized carbons (Fsp3) is 0.750. The molecule has 4 heterocycles. The first-order valence-electron chi connectivity index (χ1n) is 10.6. The van der Waals surface area contributed by atoms with Crippen molar-refractivity contribution in [1.29, 1.82) is 0 Å². The molecule has 0 amide bonds. The van der Waals surface area contributed by atoms with Gasteiger partial charge in [-0.25, -0.2) is 9.67 Å². The van der Waals surface area contributed by atoms with Gasteiger partial charge >= 0.3 is 0 Å². The third kappa shape index (κ3) is 4.09. The molecule has 0 spiro atoms. The molecule has 2 aromatic heterocycles. The average molecular weight is 373 g/mol. The zero-order chi connectivity index (χ0) is 18.6. The Hall–Kier alpha value is -1.73. The summed E-state index contributed by atoms with van der Waals surface area (Å²) in [5, 5.41) is 9.78. The highest BCUT2D eigenvalue weighted by Gasteiger charge is 2.22. The van der Waals surface area contributed by atoms with Crippen molar-refractivity contribution < 1.29 is 4.74 Å². The van der Waals surface area contributed by atoms with E-state index in [0.29, 0.717) is 5.92 Å². The van der Waals surface area contributed by atoms with Gasteiger partial charge in [0, 0.05) is 37.8 Å². The van der Waals surface area contributed by atoms with Gasteiger partial charge in [-0.1, -0.05) is 13.8 Å². The molecule has 1 saturated heterocycles. The number of fused-ring (bicyclic) bond motifs is 1. The van der Waals surface area contributed by atoms with Gasteiger partial charge in [0.25, 0.3) is 0 Å². The standard InChI is InChI=1S/C20H32N6O/c1-3-16(4-2)19-21-20(18-15-17-7-5-6-8-25(17)22-18)26(23-19)10-9-24-11-13-27-14-12-24/h15-16H,3-14H2,1-2H3. The highest BCUT2D eigenvalue weighted by molar-refractivity contribution is 5.50. The van der Waals surface area contributed by atoms with E-state index in [9.17, 15) is 0 Å². The van der Waals surface area contributed by atoms with E-state index in [1.807, 2.05) is 0 Å². The molecule has 0 bridgehead atoms. The maximum atomic E-state index is 5.47. The van der Waals surface area contributed by atoms with Crippen molar-refractivity contribution in [2.24, 2.45) is 0 Å². The SMILES string of the molecule is CCC(CC)c1nc(-c2cc3n(n2)CCCC3)n(CCN2CCOCC2)n1. The lowest BCUT2D eigenvalue weighted by molar-refractivity contribution is 0.0360. The van der Waals surface area contributed by atoms with E-state index in [2.05, 4.69) is 34.2 Å². The Morgan fingerprint density at radius 2 is 1.85 bits per heavy atom. The van der Waals surface area contributed by atoms with Crippen LogP contribution in [0, 0.1) is 0 Å². The van der Waals surface area contributed by atoms with Crippen molar-refractivity contribution in [3.8, 4) is 11.5 Å². The zero-order valence-corrected chi connectivity index (χ0v) is 16.7. The van der Waals surface area contributed by atoms with Gasteiger partial charge in [-0.15, -0.1) is 0 Å². The number of morpholine rings is 1. The van der Waals surface area contributed by atoms with E-state index in [0.717, 1.165) is 82.5 Å². The van der Waals surface area contributed by atoms with Crippen LogP contribution in [0.25, 0.3) is 11.5 Å². The Kier molecular flexibility index (Phi) is 5.88. The molecule has 0 aliphatic carbocycles. The number of hydrogen-bond donors (Lipinski definition) is 0. The Morgan fingerprint density at radius 3 is 2.59 bits per heavy atom. The van der Waals surface area contributed by atoms with Gasteiger partial charge in [-0.05, 0) is 38.2 Å². The minimum absolute atomic E-state index is 0.422. The molecule has 0 atom stereocenters. The largest absolute Gasteiger partial charge is 0.379 e. The number of aryl methyl sites for hydroxylation is 2. The van der Waals surface area contributed by atoms with Crippen molar-refractivity contribution in [1.82, 2.24) is 29.4 Å². The van der Waals surface area contributed by atoms with Crippen LogP contribution in [0.2, 0.25) is 0 Å². The van der Waals surface area contributed by atoms with Crippen molar-refractivity contribution in [3.05, 3.63) is 17.6 Å². The lowest BCUT2D eigenvalue weighted by atomic mass is 10.0. The summed E-state index contributed by atoms with van der Waals surface area (Å²) in [6, 6.07) is 2.23. The minimum atomic E-state index is 0.422. The second-order valence-electron chi connectivity index (χ2n) is 7.69. The van der Waals surface area contributed by atoms with Gasteiger partial charge in [-0.3, -0.25) is 9.58 Å². The molecule has 0 radical (unpaired) electrons. The molecule has 7 heteroatoms. The van der Waals surface area contributed by atoms with Crippen molar-refractivity contribution in [2.45, 2.75) is 65.0 Å². The van der Waals surface area contributed by atoms with E-state index in [4.69, 9.17) is 19.9 Å². The fourth-order valence-electron chi connectivity index (χ4n) is 4.12. The lowest BCUT2D eigenvalue weighted by Crippen LogP contribution is -2.38. The molecule has 0 N–H and O–H groups in total. The summed E-state index contributed by atoms with van der Waals surface area (Å²) >= 11 is 0. The van der Waals surface area contributed by atoms with Gasteiger partial charge in [0.1, 0.15) is 5.69 Å². The third-order valence-corrected chi connectivity index (χ3v) is 5.92. The normalized spacial score (nSPS) is 18.2. The number of nitrogens with zero attached hydrogens (tertiary/aromatic N) is 6. The predicted molar refractivity (Wildman–Crippen MR) is 105 cm³/mol. The number of rotatable bonds is 7. The van der Waals surface area contributed by atoms with Gasteiger partial charge in [-0.2, -0.15) is 10.2 Å². The van der Waals surface area contributed by atoms with Crippen LogP contribution in [0.1, 0.15) is 57.0 Å². The topological polar surface area (TPSA) is 61.0 Å². The molecule has 4 rings (SSSR count). The van der Waals surface area contributed by atoms with Crippen LogP contribution in [0.3, 0.4) is 0 Å². The first-order chi connectivity index (χ1) is 13.3. The third-order valence-electron chi connectivity index (χ3n) is 5.92. The maximum absolute atomic E-state index is 5.47. The zero-order valence-electron chi connectivity index (χ0n) is 16.7. The van der Waals surface area contributed by atoms with E-state index >= 15 is 0 Å². The molecule has 0 saturated carbocycles. The van der Waals surface area contributed by atoms with Crippen molar-refractivity contribution in [3.63, 3.8) is 0 Å². The molecular formula is C20H32N6O. The summed E-state index contributed by atoms with van der Waals surface area (Å²) in [4.78, 5) is 7.41. The van der Waals surface area contributed by atoms with Crippen LogP contribution in [-0.2, 0) is 24.2 Å².